The molecule has 0 aromatic carbocycles. The predicted octanol–water partition coefficient (Wildman–Crippen LogP) is 2.85. The molecule has 0 unspecified atom stereocenters. The molecule has 5 heteroatoms. The Morgan fingerprint density at radius 1 is 1.26 bits per heavy atom. The first-order chi connectivity index (χ1) is 13.1. The second-order valence-electron chi connectivity index (χ2n) is 8.42. The van der Waals surface area contributed by atoms with Crippen molar-refractivity contribution in [1.82, 2.24) is 15.2 Å². The number of hydrogen-bond acceptors (Lipinski definition) is 4. The van der Waals surface area contributed by atoms with Crippen molar-refractivity contribution < 1.29 is 9.90 Å². The van der Waals surface area contributed by atoms with Crippen LogP contribution < -0.4 is 5.32 Å². The molecular weight excluding hydrogens is 338 g/mol. The third-order valence-electron chi connectivity index (χ3n) is 6.16. The number of aliphatic hydroxyl groups is 1. The molecule has 1 saturated carbocycles. The maximum atomic E-state index is 12.9. The van der Waals surface area contributed by atoms with Crippen molar-refractivity contribution in [1.29, 1.82) is 0 Å². The second-order valence-corrected chi connectivity index (χ2v) is 8.42. The van der Waals surface area contributed by atoms with Crippen LogP contribution in [0.25, 0.3) is 0 Å². The van der Waals surface area contributed by atoms with Crippen LogP contribution >= 0.6 is 0 Å². The highest BCUT2D eigenvalue weighted by molar-refractivity contribution is 5.86. The predicted molar refractivity (Wildman–Crippen MR) is 108 cm³/mol. The molecule has 1 aliphatic heterocycles. The molecule has 150 valence electrons. The topological polar surface area (TPSA) is 65.5 Å². The highest BCUT2D eigenvalue weighted by Crippen LogP contribution is 2.28. The van der Waals surface area contributed by atoms with E-state index in [-0.39, 0.29) is 5.91 Å². The van der Waals surface area contributed by atoms with Crippen molar-refractivity contribution in [2.45, 2.75) is 70.3 Å². The van der Waals surface area contributed by atoms with Gasteiger partial charge in [0.05, 0.1) is 0 Å². The molecule has 27 heavy (non-hydrogen) atoms. The third-order valence-corrected chi connectivity index (χ3v) is 6.16. The molecule has 2 aliphatic rings. The third kappa shape index (κ3) is 5.76. The molecule has 5 nitrogen and oxygen atoms in total. The van der Waals surface area contributed by atoms with E-state index in [1.165, 1.54) is 32.1 Å². The Balaban J connectivity index is 1.43. The van der Waals surface area contributed by atoms with Crippen LogP contribution in [0.4, 0.5) is 0 Å². The molecule has 1 aromatic heterocycles. The number of carbonyl (C=O) groups is 1. The molecule has 1 aliphatic carbocycles. The van der Waals surface area contributed by atoms with E-state index in [4.69, 9.17) is 0 Å². The molecule has 1 amide bonds. The van der Waals surface area contributed by atoms with Crippen LogP contribution in [0.1, 0.15) is 62.8 Å². The van der Waals surface area contributed by atoms with Gasteiger partial charge in [0.25, 0.3) is 5.91 Å². The number of aryl methyl sites for hydroxylation is 1. The summed E-state index contributed by atoms with van der Waals surface area (Å²) in [6.07, 6.45) is 9.98. The number of rotatable bonds is 8. The van der Waals surface area contributed by atoms with E-state index in [2.05, 4.69) is 10.3 Å². The highest BCUT2D eigenvalue weighted by atomic mass is 16.3. The number of amides is 1. The number of pyridine rings is 1. The molecule has 2 fully saturated rings. The second kappa shape index (κ2) is 9.65. The van der Waals surface area contributed by atoms with Gasteiger partial charge in [0.15, 0.2) is 5.60 Å². The van der Waals surface area contributed by atoms with Gasteiger partial charge in [0, 0.05) is 44.0 Å². The van der Waals surface area contributed by atoms with Gasteiger partial charge in [0.2, 0.25) is 0 Å². The van der Waals surface area contributed by atoms with Crippen LogP contribution in [0, 0.1) is 12.8 Å². The quantitative estimate of drug-likeness (QED) is 0.688. The van der Waals surface area contributed by atoms with E-state index >= 15 is 0 Å². The van der Waals surface area contributed by atoms with Gasteiger partial charge >= 0.3 is 0 Å². The zero-order valence-corrected chi connectivity index (χ0v) is 16.8. The summed E-state index contributed by atoms with van der Waals surface area (Å²) < 4.78 is 0. The lowest BCUT2D eigenvalue weighted by molar-refractivity contribution is -0.156. The normalized spacial score (nSPS) is 24.4. The summed E-state index contributed by atoms with van der Waals surface area (Å²) >= 11 is 0. The number of aromatic nitrogens is 1. The SMILES string of the molecule is Cc1cccc(CCNC[C@]2(O)CCCN(CCC3CCCCC3)C2=O)n1. The number of nitrogens with one attached hydrogen (secondary N) is 1. The van der Waals surface area contributed by atoms with Gasteiger partial charge in [-0.05, 0) is 44.2 Å². The number of hydrogen-bond donors (Lipinski definition) is 2. The van der Waals surface area contributed by atoms with E-state index in [1.54, 1.807) is 0 Å². The minimum absolute atomic E-state index is 0.0780. The summed E-state index contributed by atoms with van der Waals surface area (Å²) in [4.78, 5) is 19.2. The van der Waals surface area contributed by atoms with Gasteiger partial charge in [-0.1, -0.05) is 38.2 Å². The Kier molecular flexibility index (Phi) is 7.25. The number of likely N-dealkylation sites (tertiary alicyclic amines) is 1. The van der Waals surface area contributed by atoms with Crippen LogP contribution in [0.2, 0.25) is 0 Å². The fourth-order valence-electron chi connectivity index (χ4n) is 4.51. The summed E-state index contributed by atoms with van der Waals surface area (Å²) in [7, 11) is 0. The Labute approximate surface area is 163 Å². The minimum atomic E-state index is -1.25. The van der Waals surface area contributed by atoms with Gasteiger partial charge in [-0.3, -0.25) is 9.78 Å². The van der Waals surface area contributed by atoms with Crippen molar-refractivity contribution in [3.8, 4) is 0 Å². The summed E-state index contributed by atoms with van der Waals surface area (Å²) in [5.74, 6) is 0.687. The maximum absolute atomic E-state index is 12.9. The van der Waals surface area contributed by atoms with E-state index in [1.807, 2.05) is 30.0 Å². The summed E-state index contributed by atoms with van der Waals surface area (Å²) in [5, 5.41) is 14.2. The molecular formula is C22H35N3O2. The fourth-order valence-corrected chi connectivity index (χ4v) is 4.51. The van der Waals surface area contributed by atoms with Crippen LogP contribution in [-0.4, -0.2) is 52.7 Å². The molecule has 0 bridgehead atoms. The first-order valence-electron chi connectivity index (χ1n) is 10.7. The molecule has 1 aromatic rings. The maximum Gasteiger partial charge on any atom is 0.255 e. The lowest BCUT2D eigenvalue weighted by Gasteiger charge is -2.39. The molecule has 1 saturated heterocycles. The number of nitrogens with zero attached hydrogens (tertiary/aromatic N) is 2. The molecule has 2 N–H and O–H groups in total. The zero-order valence-electron chi connectivity index (χ0n) is 16.8. The zero-order chi connectivity index (χ0) is 19.1. The largest absolute Gasteiger partial charge is 0.379 e. The van der Waals surface area contributed by atoms with Crippen molar-refractivity contribution in [2.24, 2.45) is 5.92 Å². The van der Waals surface area contributed by atoms with Crippen LogP contribution in [0.5, 0.6) is 0 Å². The summed E-state index contributed by atoms with van der Waals surface area (Å²) in [5.41, 5.74) is 0.811. The van der Waals surface area contributed by atoms with Gasteiger partial charge in [0.1, 0.15) is 0 Å². The summed E-state index contributed by atoms with van der Waals surface area (Å²) in [6, 6.07) is 6.02. The van der Waals surface area contributed by atoms with Crippen molar-refractivity contribution in [2.75, 3.05) is 26.2 Å². The van der Waals surface area contributed by atoms with Crippen LogP contribution in [-0.2, 0) is 11.2 Å². The van der Waals surface area contributed by atoms with Gasteiger partial charge in [-0.25, -0.2) is 0 Å². The molecule has 3 rings (SSSR count). The Bertz CT molecular complexity index is 615. The minimum Gasteiger partial charge on any atom is -0.379 e. The average molecular weight is 374 g/mol. The van der Waals surface area contributed by atoms with Crippen molar-refractivity contribution in [3.05, 3.63) is 29.6 Å². The lowest BCUT2D eigenvalue weighted by Crippen LogP contribution is -2.58. The number of piperidine rings is 1. The van der Waals surface area contributed by atoms with Crippen LogP contribution in [0.15, 0.2) is 18.2 Å². The molecule has 1 atom stereocenters. The van der Waals surface area contributed by atoms with E-state index in [0.717, 1.165) is 49.7 Å². The molecule has 0 spiro atoms. The Morgan fingerprint density at radius 2 is 2.07 bits per heavy atom. The van der Waals surface area contributed by atoms with Crippen molar-refractivity contribution >= 4 is 5.91 Å². The van der Waals surface area contributed by atoms with Gasteiger partial charge < -0.3 is 15.3 Å². The van der Waals surface area contributed by atoms with Gasteiger partial charge in [-0.2, -0.15) is 0 Å². The fraction of sp³-hybridized carbons (Fsp3) is 0.727. The highest BCUT2D eigenvalue weighted by Gasteiger charge is 2.41. The molecule has 0 radical (unpaired) electrons. The van der Waals surface area contributed by atoms with Crippen molar-refractivity contribution in [3.63, 3.8) is 0 Å². The average Bonchev–Trinajstić information content (AvgIpc) is 2.68. The van der Waals surface area contributed by atoms with E-state index in [9.17, 15) is 9.90 Å². The molecule has 2 heterocycles. The Morgan fingerprint density at radius 3 is 2.85 bits per heavy atom. The summed E-state index contributed by atoms with van der Waals surface area (Å²) in [6.45, 7) is 4.63. The van der Waals surface area contributed by atoms with E-state index < -0.39 is 5.60 Å². The lowest BCUT2D eigenvalue weighted by atomic mass is 9.86. The van der Waals surface area contributed by atoms with Crippen LogP contribution in [0.3, 0.4) is 0 Å². The van der Waals surface area contributed by atoms with E-state index in [0.29, 0.717) is 19.5 Å². The smallest absolute Gasteiger partial charge is 0.255 e. The Hall–Kier alpha value is -1.46. The first kappa shape index (κ1) is 20.3. The monoisotopic (exact) mass is 373 g/mol. The number of carbonyl (C=O) groups excluding carboxylic acids is 1. The first-order valence-corrected chi connectivity index (χ1v) is 10.7. The standard InChI is InChI=1S/C22H35N3O2/c1-18-7-5-10-20(24-18)11-14-23-17-22(27)13-6-15-25(21(22)26)16-12-19-8-3-2-4-9-19/h5,7,10,19,23,27H,2-4,6,8-9,11-17H2,1H3/t22-/m1/s1. The van der Waals surface area contributed by atoms with Gasteiger partial charge in [-0.15, -0.1) is 0 Å².